The molecule has 0 spiro atoms. The fourth-order valence-electron chi connectivity index (χ4n) is 2.42. The molecular weight excluding hydrogens is 255 g/mol. The van der Waals surface area contributed by atoms with Gasteiger partial charge >= 0.3 is 0 Å². The zero-order valence-electron chi connectivity index (χ0n) is 11.2. The highest BCUT2D eigenvalue weighted by atomic mass is 19.1. The minimum absolute atomic E-state index is 0.246. The second-order valence-electron chi connectivity index (χ2n) is 4.93. The molecule has 0 atom stereocenters. The van der Waals surface area contributed by atoms with Crippen LogP contribution in [-0.4, -0.2) is 12.5 Å². The van der Waals surface area contributed by atoms with Crippen molar-refractivity contribution in [1.29, 1.82) is 0 Å². The maximum absolute atomic E-state index is 13.7. The van der Waals surface area contributed by atoms with E-state index in [0.717, 1.165) is 24.2 Å². The van der Waals surface area contributed by atoms with Crippen LogP contribution in [0.25, 0.3) is 0 Å². The summed E-state index contributed by atoms with van der Waals surface area (Å²) in [5.74, 6) is -0.700. The molecule has 1 heterocycles. The minimum Gasteiger partial charge on any atom is -0.384 e. The Bertz CT molecular complexity index is 662. The fraction of sp³-hybridized carbons (Fsp3) is 0.188. The molecule has 0 unspecified atom stereocenters. The summed E-state index contributed by atoms with van der Waals surface area (Å²) >= 11 is 0. The standard InChI is InChI=1S/C16H15FN2O/c1-10-3-2-4-13(17)15(10)19-16(20)12-5-6-14-11(9-12)7-8-18-14/h2-6,9,18H,7-8H2,1H3,(H,19,20). The lowest BCUT2D eigenvalue weighted by molar-refractivity contribution is 0.102. The van der Waals surface area contributed by atoms with Gasteiger partial charge in [0.15, 0.2) is 0 Å². The van der Waals surface area contributed by atoms with Crippen LogP contribution in [0.5, 0.6) is 0 Å². The van der Waals surface area contributed by atoms with Gasteiger partial charge in [-0.15, -0.1) is 0 Å². The Morgan fingerprint density at radius 2 is 2.15 bits per heavy atom. The van der Waals surface area contributed by atoms with E-state index in [1.165, 1.54) is 6.07 Å². The van der Waals surface area contributed by atoms with Crippen LogP contribution >= 0.6 is 0 Å². The molecule has 2 aromatic rings. The molecule has 4 heteroatoms. The van der Waals surface area contributed by atoms with Crippen molar-refractivity contribution in [2.75, 3.05) is 17.2 Å². The summed E-state index contributed by atoms with van der Waals surface area (Å²) in [6.45, 7) is 2.66. The third-order valence-corrected chi connectivity index (χ3v) is 3.54. The van der Waals surface area contributed by atoms with Crippen LogP contribution in [0, 0.1) is 12.7 Å². The molecule has 0 bridgehead atoms. The monoisotopic (exact) mass is 270 g/mol. The Balaban J connectivity index is 1.86. The molecule has 1 aliphatic rings. The number of hydrogen-bond acceptors (Lipinski definition) is 2. The number of nitrogens with one attached hydrogen (secondary N) is 2. The summed E-state index contributed by atoms with van der Waals surface area (Å²) in [5.41, 5.74) is 3.71. The SMILES string of the molecule is Cc1cccc(F)c1NC(=O)c1ccc2c(c1)CCN2. The summed E-state index contributed by atoms with van der Waals surface area (Å²) in [5, 5.41) is 5.89. The number of benzene rings is 2. The quantitative estimate of drug-likeness (QED) is 0.878. The molecule has 0 fully saturated rings. The van der Waals surface area contributed by atoms with Gasteiger partial charge in [0.05, 0.1) is 5.69 Å². The van der Waals surface area contributed by atoms with E-state index in [2.05, 4.69) is 10.6 Å². The minimum atomic E-state index is -0.416. The Labute approximate surface area is 116 Å². The molecule has 1 aliphatic heterocycles. The topological polar surface area (TPSA) is 41.1 Å². The predicted molar refractivity (Wildman–Crippen MR) is 77.7 cm³/mol. The third-order valence-electron chi connectivity index (χ3n) is 3.54. The van der Waals surface area contributed by atoms with E-state index >= 15 is 0 Å². The highest BCUT2D eigenvalue weighted by molar-refractivity contribution is 6.05. The largest absolute Gasteiger partial charge is 0.384 e. The number of para-hydroxylation sites is 1. The number of rotatable bonds is 2. The van der Waals surface area contributed by atoms with Crippen molar-refractivity contribution in [2.45, 2.75) is 13.3 Å². The van der Waals surface area contributed by atoms with E-state index < -0.39 is 5.82 Å². The molecule has 20 heavy (non-hydrogen) atoms. The molecule has 102 valence electrons. The number of aryl methyl sites for hydroxylation is 1. The second kappa shape index (κ2) is 4.96. The van der Waals surface area contributed by atoms with Gasteiger partial charge < -0.3 is 10.6 Å². The van der Waals surface area contributed by atoms with Gasteiger partial charge in [0.25, 0.3) is 5.91 Å². The maximum atomic E-state index is 13.7. The summed E-state index contributed by atoms with van der Waals surface area (Å²) in [4.78, 5) is 12.2. The first kappa shape index (κ1) is 12.7. The van der Waals surface area contributed by atoms with Crippen LogP contribution in [0.3, 0.4) is 0 Å². The molecule has 0 saturated heterocycles. The number of anilines is 2. The lowest BCUT2D eigenvalue weighted by Gasteiger charge is -2.10. The van der Waals surface area contributed by atoms with E-state index in [1.54, 1.807) is 25.1 Å². The van der Waals surface area contributed by atoms with E-state index in [9.17, 15) is 9.18 Å². The van der Waals surface area contributed by atoms with Gasteiger partial charge in [-0.25, -0.2) is 4.39 Å². The van der Waals surface area contributed by atoms with Crippen molar-refractivity contribution < 1.29 is 9.18 Å². The number of carbonyl (C=O) groups is 1. The number of hydrogen-bond donors (Lipinski definition) is 2. The van der Waals surface area contributed by atoms with Gasteiger partial charge in [-0.3, -0.25) is 4.79 Å². The van der Waals surface area contributed by atoms with Crippen LogP contribution in [-0.2, 0) is 6.42 Å². The smallest absolute Gasteiger partial charge is 0.255 e. The van der Waals surface area contributed by atoms with Gasteiger partial charge in [-0.05, 0) is 48.7 Å². The van der Waals surface area contributed by atoms with Crippen molar-refractivity contribution in [3.8, 4) is 0 Å². The predicted octanol–water partition coefficient (Wildman–Crippen LogP) is 3.35. The molecular formula is C16H15FN2O. The third kappa shape index (κ3) is 2.25. The van der Waals surface area contributed by atoms with Crippen LogP contribution in [0.4, 0.5) is 15.8 Å². The van der Waals surface area contributed by atoms with Gasteiger partial charge in [0.1, 0.15) is 5.82 Å². The highest BCUT2D eigenvalue weighted by Crippen LogP contribution is 2.24. The molecule has 2 aromatic carbocycles. The van der Waals surface area contributed by atoms with E-state index in [0.29, 0.717) is 11.1 Å². The number of fused-ring (bicyclic) bond motifs is 1. The average Bonchev–Trinajstić information content (AvgIpc) is 2.90. The van der Waals surface area contributed by atoms with Crippen molar-refractivity contribution >= 4 is 17.3 Å². The van der Waals surface area contributed by atoms with Crippen LogP contribution in [0.2, 0.25) is 0 Å². The summed E-state index contributed by atoms with van der Waals surface area (Å²) < 4.78 is 13.7. The Hall–Kier alpha value is -2.36. The van der Waals surface area contributed by atoms with Crippen LogP contribution in [0.1, 0.15) is 21.5 Å². The lowest BCUT2D eigenvalue weighted by Crippen LogP contribution is -2.14. The number of amides is 1. The first-order valence-corrected chi connectivity index (χ1v) is 6.58. The number of carbonyl (C=O) groups excluding carboxylic acids is 1. The Morgan fingerprint density at radius 3 is 2.95 bits per heavy atom. The molecule has 0 aliphatic carbocycles. The fourth-order valence-corrected chi connectivity index (χ4v) is 2.42. The first-order valence-electron chi connectivity index (χ1n) is 6.58. The second-order valence-corrected chi connectivity index (χ2v) is 4.93. The van der Waals surface area contributed by atoms with Crippen LogP contribution in [0.15, 0.2) is 36.4 Å². The van der Waals surface area contributed by atoms with Gasteiger partial charge in [0.2, 0.25) is 0 Å². The van der Waals surface area contributed by atoms with Crippen molar-refractivity contribution in [3.63, 3.8) is 0 Å². The maximum Gasteiger partial charge on any atom is 0.255 e. The summed E-state index contributed by atoms with van der Waals surface area (Å²) in [7, 11) is 0. The normalized spacial score (nSPS) is 12.7. The number of halogens is 1. The first-order chi connectivity index (χ1) is 9.65. The molecule has 0 saturated carbocycles. The average molecular weight is 270 g/mol. The summed E-state index contributed by atoms with van der Waals surface area (Å²) in [6.07, 6.45) is 0.912. The van der Waals surface area contributed by atoms with E-state index in [-0.39, 0.29) is 11.6 Å². The molecule has 3 rings (SSSR count). The zero-order valence-corrected chi connectivity index (χ0v) is 11.2. The highest BCUT2D eigenvalue weighted by Gasteiger charge is 2.15. The van der Waals surface area contributed by atoms with Crippen molar-refractivity contribution in [3.05, 3.63) is 58.9 Å². The molecule has 0 radical (unpaired) electrons. The van der Waals surface area contributed by atoms with Crippen molar-refractivity contribution in [2.24, 2.45) is 0 Å². The summed E-state index contributed by atoms with van der Waals surface area (Å²) in [6, 6.07) is 10.2. The van der Waals surface area contributed by atoms with Gasteiger partial charge in [0, 0.05) is 17.8 Å². The van der Waals surface area contributed by atoms with Crippen molar-refractivity contribution in [1.82, 2.24) is 0 Å². The van der Waals surface area contributed by atoms with E-state index in [1.807, 2.05) is 12.1 Å². The van der Waals surface area contributed by atoms with E-state index in [4.69, 9.17) is 0 Å². The van der Waals surface area contributed by atoms with Crippen LogP contribution < -0.4 is 10.6 Å². The zero-order chi connectivity index (χ0) is 14.1. The van der Waals surface area contributed by atoms with Gasteiger partial charge in [-0.1, -0.05) is 12.1 Å². The Kier molecular flexibility index (Phi) is 3.14. The van der Waals surface area contributed by atoms with Gasteiger partial charge in [-0.2, -0.15) is 0 Å². The molecule has 1 amide bonds. The molecule has 3 nitrogen and oxygen atoms in total. The molecule has 0 aromatic heterocycles. The Morgan fingerprint density at radius 1 is 1.30 bits per heavy atom. The lowest BCUT2D eigenvalue weighted by atomic mass is 10.1. The molecule has 2 N–H and O–H groups in total.